The first kappa shape index (κ1) is 12.5. The molecule has 1 heterocycles. The molecular formula is C10H15NO5. The molecule has 1 aliphatic heterocycles. The van der Waals surface area contributed by atoms with Crippen molar-refractivity contribution in [2.75, 3.05) is 27.4 Å². The summed E-state index contributed by atoms with van der Waals surface area (Å²) in [6.07, 6.45) is 0. The third-order valence-electron chi connectivity index (χ3n) is 2.36. The lowest BCUT2D eigenvalue weighted by atomic mass is 9.95. The van der Waals surface area contributed by atoms with Crippen LogP contribution < -0.4 is 0 Å². The van der Waals surface area contributed by atoms with Gasteiger partial charge in [0.2, 0.25) is 0 Å². The third kappa shape index (κ3) is 2.32. The van der Waals surface area contributed by atoms with Crippen molar-refractivity contribution < 1.29 is 23.8 Å². The van der Waals surface area contributed by atoms with Gasteiger partial charge in [0, 0.05) is 0 Å². The number of methoxy groups -OCH3 is 2. The quantitative estimate of drug-likeness (QED) is 0.637. The number of hydrogen-bond acceptors (Lipinski definition) is 6. The van der Waals surface area contributed by atoms with Crippen molar-refractivity contribution in [1.82, 2.24) is 0 Å². The zero-order valence-corrected chi connectivity index (χ0v) is 9.56. The first-order valence-corrected chi connectivity index (χ1v) is 4.98. The van der Waals surface area contributed by atoms with E-state index in [2.05, 4.69) is 14.5 Å². The fraction of sp³-hybridized carbons (Fsp3) is 0.700. The van der Waals surface area contributed by atoms with E-state index >= 15 is 0 Å². The van der Waals surface area contributed by atoms with E-state index in [1.54, 1.807) is 6.92 Å². The summed E-state index contributed by atoms with van der Waals surface area (Å²) in [6.45, 7) is 2.37. The first-order valence-electron chi connectivity index (χ1n) is 4.98. The smallest absolute Gasteiger partial charge is 0.319 e. The Morgan fingerprint density at radius 2 is 1.94 bits per heavy atom. The van der Waals surface area contributed by atoms with Crippen LogP contribution in [0.1, 0.15) is 6.92 Å². The molecule has 6 nitrogen and oxygen atoms in total. The average Bonchev–Trinajstić information content (AvgIpc) is 2.71. The van der Waals surface area contributed by atoms with E-state index in [0.29, 0.717) is 6.61 Å². The molecule has 16 heavy (non-hydrogen) atoms. The summed E-state index contributed by atoms with van der Waals surface area (Å²) in [5, 5.41) is 0. The summed E-state index contributed by atoms with van der Waals surface area (Å²) in [4.78, 5) is 27.0. The summed E-state index contributed by atoms with van der Waals surface area (Å²) in [6, 6.07) is 0. The molecule has 2 atom stereocenters. The van der Waals surface area contributed by atoms with Crippen LogP contribution in [-0.2, 0) is 23.8 Å². The molecule has 0 fully saturated rings. The Morgan fingerprint density at radius 1 is 1.31 bits per heavy atom. The van der Waals surface area contributed by atoms with Gasteiger partial charge in [-0.1, -0.05) is 0 Å². The lowest BCUT2D eigenvalue weighted by Crippen LogP contribution is -2.35. The molecule has 0 saturated heterocycles. The summed E-state index contributed by atoms with van der Waals surface area (Å²) in [5.41, 5.74) is 0. The molecule has 0 aliphatic carbocycles. The lowest BCUT2D eigenvalue weighted by molar-refractivity contribution is -0.154. The minimum absolute atomic E-state index is 0.196. The van der Waals surface area contributed by atoms with E-state index in [1.165, 1.54) is 14.2 Å². The van der Waals surface area contributed by atoms with Gasteiger partial charge >= 0.3 is 11.9 Å². The number of rotatable bonds is 3. The molecule has 0 saturated carbocycles. The normalized spacial score (nSPS) is 23.6. The zero-order chi connectivity index (χ0) is 12.1. The molecule has 0 unspecified atom stereocenters. The minimum Gasteiger partial charge on any atom is -0.481 e. The van der Waals surface area contributed by atoms with E-state index < -0.39 is 23.8 Å². The number of aliphatic imine (C=N–C) groups is 1. The number of ether oxygens (including phenoxy) is 3. The topological polar surface area (TPSA) is 74.2 Å². The van der Waals surface area contributed by atoms with E-state index in [1.807, 2.05) is 0 Å². The summed E-state index contributed by atoms with van der Waals surface area (Å²) in [7, 11) is 2.54. The Balaban J connectivity index is 2.84. The van der Waals surface area contributed by atoms with Gasteiger partial charge in [0.1, 0.15) is 5.92 Å². The number of hydrogen-bond donors (Lipinski definition) is 0. The van der Waals surface area contributed by atoms with E-state index in [0.717, 1.165) is 0 Å². The zero-order valence-electron chi connectivity index (χ0n) is 9.56. The average molecular weight is 229 g/mol. The van der Waals surface area contributed by atoms with E-state index in [4.69, 9.17) is 4.74 Å². The van der Waals surface area contributed by atoms with Gasteiger partial charge in [-0.05, 0) is 6.92 Å². The number of carbonyl (C=O) groups is 2. The van der Waals surface area contributed by atoms with Crippen LogP contribution in [0.15, 0.2) is 4.99 Å². The molecule has 0 amide bonds. The van der Waals surface area contributed by atoms with Gasteiger partial charge in [0.15, 0.2) is 5.90 Å². The molecule has 1 aliphatic rings. The van der Waals surface area contributed by atoms with Crippen molar-refractivity contribution in [3.05, 3.63) is 0 Å². The van der Waals surface area contributed by atoms with Crippen molar-refractivity contribution in [2.45, 2.75) is 6.92 Å². The van der Waals surface area contributed by atoms with E-state index in [-0.39, 0.29) is 12.4 Å². The van der Waals surface area contributed by atoms with Gasteiger partial charge in [0.05, 0.1) is 33.3 Å². The Kier molecular flexibility index (Phi) is 4.28. The van der Waals surface area contributed by atoms with Gasteiger partial charge in [-0.25, -0.2) is 0 Å². The van der Waals surface area contributed by atoms with Crippen LogP contribution in [0.2, 0.25) is 0 Å². The summed E-state index contributed by atoms with van der Waals surface area (Å²) < 4.78 is 14.4. The van der Waals surface area contributed by atoms with Gasteiger partial charge < -0.3 is 14.2 Å². The number of esters is 2. The van der Waals surface area contributed by atoms with Crippen LogP contribution in [-0.4, -0.2) is 45.2 Å². The number of nitrogens with zero attached hydrogens (tertiary/aromatic N) is 1. The monoisotopic (exact) mass is 229 g/mol. The molecule has 0 spiro atoms. The maximum absolute atomic E-state index is 11.5. The van der Waals surface area contributed by atoms with Crippen LogP contribution in [0.5, 0.6) is 0 Å². The molecule has 0 aromatic carbocycles. The van der Waals surface area contributed by atoms with Gasteiger partial charge in [-0.15, -0.1) is 0 Å². The fourth-order valence-corrected chi connectivity index (χ4v) is 1.60. The second-order valence-corrected chi connectivity index (χ2v) is 3.24. The SMILES string of the molecule is CCOC1=NC[C@H](C(=O)OC)[C@H]1C(=O)OC. The summed E-state index contributed by atoms with van der Waals surface area (Å²) >= 11 is 0. The Morgan fingerprint density at radius 3 is 2.44 bits per heavy atom. The molecule has 0 bridgehead atoms. The highest BCUT2D eigenvalue weighted by molar-refractivity contribution is 6.03. The van der Waals surface area contributed by atoms with E-state index in [9.17, 15) is 9.59 Å². The van der Waals surface area contributed by atoms with Crippen molar-refractivity contribution in [3.8, 4) is 0 Å². The van der Waals surface area contributed by atoms with Crippen molar-refractivity contribution in [1.29, 1.82) is 0 Å². The second-order valence-electron chi connectivity index (χ2n) is 3.24. The predicted octanol–water partition coefficient (Wildman–Crippen LogP) is 0.0134. The molecule has 0 radical (unpaired) electrons. The molecule has 90 valence electrons. The fourth-order valence-electron chi connectivity index (χ4n) is 1.60. The minimum atomic E-state index is -0.780. The highest BCUT2D eigenvalue weighted by atomic mass is 16.5. The molecule has 0 N–H and O–H groups in total. The largest absolute Gasteiger partial charge is 0.481 e. The maximum Gasteiger partial charge on any atom is 0.319 e. The number of carbonyl (C=O) groups excluding carboxylic acids is 2. The van der Waals surface area contributed by atoms with Gasteiger partial charge in [-0.3, -0.25) is 14.6 Å². The standard InChI is InChI=1S/C10H15NO5/c1-4-16-8-7(10(13)15-3)6(5-11-8)9(12)14-2/h6-7H,4-5H2,1-3H3/t6-,7+/m0/s1. The van der Waals surface area contributed by atoms with Crippen molar-refractivity contribution in [2.24, 2.45) is 16.8 Å². The lowest BCUT2D eigenvalue weighted by Gasteiger charge is -2.16. The van der Waals surface area contributed by atoms with Crippen LogP contribution in [0.4, 0.5) is 0 Å². The third-order valence-corrected chi connectivity index (χ3v) is 2.36. The molecular weight excluding hydrogens is 214 g/mol. The van der Waals surface area contributed by atoms with Crippen LogP contribution >= 0.6 is 0 Å². The summed E-state index contributed by atoms with van der Waals surface area (Å²) in [5.74, 6) is -2.17. The van der Waals surface area contributed by atoms with Crippen molar-refractivity contribution >= 4 is 17.8 Å². The van der Waals surface area contributed by atoms with Crippen LogP contribution in [0.25, 0.3) is 0 Å². The Hall–Kier alpha value is -1.59. The first-order chi connectivity index (χ1) is 7.65. The highest BCUT2D eigenvalue weighted by Crippen LogP contribution is 2.24. The molecule has 1 rings (SSSR count). The Labute approximate surface area is 93.6 Å². The van der Waals surface area contributed by atoms with Crippen molar-refractivity contribution in [3.63, 3.8) is 0 Å². The van der Waals surface area contributed by atoms with Crippen LogP contribution in [0.3, 0.4) is 0 Å². The highest BCUT2D eigenvalue weighted by Gasteiger charge is 2.44. The van der Waals surface area contributed by atoms with Gasteiger partial charge in [0.25, 0.3) is 0 Å². The van der Waals surface area contributed by atoms with Gasteiger partial charge in [-0.2, -0.15) is 0 Å². The Bertz CT molecular complexity index is 312. The predicted molar refractivity (Wildman–Crippen MR) is 54.9 cm³/mol. The second kappa shape index (κ2) is 5.48. The molecule has 6 heteroatoms. The maximum atomic E-state index is 11.5. The van der Waals surface area contributed by atoms with Crippen LogP contribution in [0, 0.1) is 11.8 Å². The molecule has 0 aromatic rings. The molecule has 0 aromatic heterocycles.